The first-order valence-corrected chi connectivity index (χ1v) is 6.61. The summed E-state index contributed by atoms with van der Waals surface area (Å²) < 4.78 is 26.1. The number of likely N-dealkylation sites (N-methyl/N-ethyl adjacent to an activating group) is 1. The smallest absolute Gasteiger partial charge is 0.251 e. The summed E-state index contributed by atoms with van der Waals surface area (Å²) >= 11 is 0. The Morgan fingerprint density at radius 2 is 2.05 bits per heavy atom. The first-order chi connectivity index (χ1) is 8.93. The highest BCUT2D eigenvalue weighted by Crippen LogP contribution is 2.09. The summed E-state index contributed by atoms with van der Waals surface area (Å²) in [5.74, 6) is 0. The number of aromatic nitrogens is 1. The number of halogens is 2. The molecular weight excluding hydrogens is 250 g/mol. The molecule has 19 heavy (non-hydrogen) atoms. The molecule has 0 saturated carbocycles. The van der Waals surface area contributed by atoms with Crippen LogP contribution in [0.15, 0.2) is 23.1 Å². The second-order valence-electron chi connectivity index (χ2n) is 4.94. The molecule has 0 amide bonds. The molecule has 0 saturated heterocycles. The lowest BCUT2D eigenvalue weighted by Gasteiger charge is -2.17. The maximum atomic E-state index is 12.2. The number of pyridine rings is 1. The van der Waals surface area contributed by atoms with Crippen molar-refractivity contribution < 1.29 is 8.78 Å². The summed E-state index contributed by atoms with van der Waals surface area (Å²) in [6.45, 7) is 4.36. The standard InChI is InChI=1S/C14H22F2N2O/c1-4-11(2)18-9-12(5-6-14(18)19)7-8-17(3)10-13(15)16/h5-6,9,11,13H,4,7-8,10H2,1-3H3. The first-order valence-electron chi connectivity index (χ1n) is 6.61. The van der Waals surface area contributed by atoms with Crippen molar-refractivity contribution in [2.24, 2.45) is 0 Å². The predicted molar refractivity (Wildman–Crippen MR) is 72.9 cm³/mol. The van der Waals surface area contributed by atoms with Gasteiger partial charge in [0, 0.05) is 24.8 Å². The van der Waals surface area contributed by atoms with Gasteiger partial charge in [-0.15, -0.1) is 0 Å². The minimum absolute atomic E-state index is 0.0148. The maximum Gasteiger partial charge on any atom is 0.251 e. The molecule has 108 valence electrons. The van der Waals surface area contributed by atoms with E-state index in [9.17, 15) is 13.6 Å². The molecule has 0 aromatic carbocycles. The van der Waals surface area contributed by atoms with Crippen LogP contribution in [0.5, 0.6) is 0 Å². The molecule has 1 aromatic heterocycles. The minimum atomic E-state index is -2.31. The fraction of sp³-hybridized carbons (Fsp3) is 0.643. The van der Waals surface area contributed by atoms with Crippen molar-refractivity contribution in [3.05, 3.63) is 34.2 Å². The molecule has 3 nitrogen and oxygen atoms in total. The fourth-order valence-electron chi connectivity index (χ4n) is 1.89. The van der Waals surface area contributed by atoms with E-state index in [1.54, 1.807) is 28.6 Å². The third-order valence-electron chi connectivity index (χ3n) is 3.30. The average molecular weight is 272 g/mol. The van der Waals surface area contributed by atoms with Gasteiger partial charge in [0.2, 0.25) is 0 Å². The van der Waals surface area contributed by atoms with E-state index in [1.165, 1.54) is 0 Å². The van der Waals surface area contributed by atoms with E-state index < -0.39 is 6.43 Å². The molecule has 1 rings (SSSR count). The second-order valence-corrected chi connectivity index (χ2v) is 4.94. The molecule has 0 fully saturated rings. The quantitative estimate of drug-likeness (QED) is 0.762. The molecule has 0 spiro atoms. The number of hydrogen-bond acceptors (Lipinski definition) is 2. The molecule has 1 aromatic rings. The Bertz CT molecular complexity index is 445. The molecular formula is C14H22F2N2O. The molecule has 1 heterocycles. The lowest BCUT2D eigenvalue weighted by atomic mass is 10.2. The predicted octanol–water partition coefficient (Wildman–Crippen LogP) is 2.56. The summed E-state index contributed by atoms with van der Waals surface area (Å²) in [5.41, 5.74) is 0.986. The van der Waals surface area contributed by atoms with Crippen LogP contribution in [0.4, 0.5) is 8.78 Å². The average Bonchev–Trinajstić information content (AvgIpc) is 2.36. The molecule has 0 aliphatic heterocycles. The lowest BCUT2D eigenvalue weighted by molar-refractivity contribution is 0.101. The van der Waals surface area contributed by atoms with Crippen molar-refractivity contribution in [1.29, 1.82) is 0 Å². The maximum absolute atomic E-state index is 12.2. The van der Waals surface area contributed by atoms with Crippen LogP contribution in [-0.4, -0.2) is 36.0 Å². The van der Waals surface area contributed by atoms with Gasteiger partial charge in [-0.3, -0.25) is 4.79 Å². The van der Waals surface area contributed by atoms with E-state index in [4.69, 9.17) is 0 Å². The van der Waals surface area contributed by atoms with Crippen molar-refractivity contribution in [3.8, 4) is 0 Å². The number of hydrogen-bond donors (Lipinski definition) is 0. The van der Waals surface area contributed by atoms with Crippen LogP contribution in [0, 0.1) is 0 Å². The van der Waals surface area contributed by atoms with Crippen molar-refractivity contribution in [1.82, 2.24) is 9.47 Å². The molecule has 0 radical (unpaired) electrons. The van der Waals surface area contributed by atoms with Crippen LogP contribution in [0.3, 0.4) is 0 Å². The highest BCUT2D eigenvalue weighted by Gasteiger charge is 2.09. The summed E-state index contributed by atoms with van der Waals surface area (Å²) in [5, 5.41) is 0. The zero-order valence-corrected chi connectivity index (χ0v) is 11.8. The Balaban J connectivity index is 2.67. The van der Waals surface area contributed by atoms with E-state index in [0.29, 0.717) is 13.0 Å². The topological polar surface area (TPSA) is 25.2 Å². The Kier molecular flexibility index (Phi) is 6.15. The van der Waals surface area contributed by atoms with Crippen molar-refractivity contribution in [2.45, 2.75) is 39.2 Å². The number of alkyl halides is 2. The third kappa shape index (κ3) is 5.11. The van der Waals surface area contributed by atoms with Crippen LogP contribution in [0.1, 0.15) is 31.9 Å². The van der Waals surface area contributed by atoms with Crippen LogP contribution < -0.4 is 5.56 Å². The van der Waals surface area contributed by atoms with Gasteiger partial charge >= 0.3 is 0 Å². The third-order valence-corrected chi connectivity index (χ3v) is 3.30. The van der Waals surface area contributed by atoms with Gasteiger partial charge in [-0.1, -0.05) is 13.0 Å². The Labute approximate surface area is 112 Å². The van der Waals surface area contributed by atoms with Crippen molar-refractivity contribution >= 4 is 0 Å². The monoisotopic (exact) mass is 272 g/mol. The van der Waals surface area contributed by atoms with Crippen molar-refractivity contribution in [2.75, 3.05) is 20.1 Å². The van der Waals surface area contributed by atoms with E-state index in [0.717, 1.165) is 12.0 Å². The number of rotatable bonds is 7. The molecule has 5 heteroatoms. The van der Waals surface area contributed by atoms with Crippen LogP contribution in [0.2, 0.25) is 0 Å². The molecule has 1 atom stereocenters. The van der Waals surface area contributed by atoms with E-state index in [2.05, 4.69) is 0 Å². The lowest BCUT2D eigenvalue weighted by Crippen LogP contribution is -2.27. The minimum Gasteiger partial charge on any atom is -0.312 e. The molecule has 0 aliphatic carbocycles. The number of nitrogens with zero attached hydrogens (tertiary/aromatic N) is 2. The molecule has 1 unspecified atom stereocenters. The molecule has 0 bridgehead atoms. The highest BCUT2D eigenvalue weighted by molar-refractivity contribution is 5.11. The van der Waals surface area contributed by atoms with Crippen LogP contribution in [0.25, 0.3) is 0 Å². The van der Waals surface area contributed by atoms with Gasteiger partial charge in [0.25, 0.3) is 12.0 Å². The van der Waals surface area contributed by atoms with Gasteiger partial charge in [0.05, 0.1) is 6.54 Å². The van der Waals surface area contributed by atoms with Crippen LogP contribution in [-0.2, 0) is 6.42 Å². The molecule has 0 aliphatic rings. The zero-order valence-electron chi connectivity index (χ0n) is 11.8. The van der Waals surface area contributed by atoms with E-state index in [-0.39, 0.29) is 18.1 Å². The zero-order chi connectivity index (χ0) is 14.4. The van der Waals surface area contributed by atoms with Gasteiger partial charge < -0.3 is 9.47 Å². The molecule has 0 N–H and O–H groups in total. The van der Waals surface area contributed by atoms with Gasteiger partial charge in [-0.2, -0.15) is 0 Å². The highest BCUT2D eigenvalue weighted by atomic mass is 19.3. The Morgan fingerprint density at radius 3 is 2.63 bits per heavy atom. The Hall–Kier alpha value is -1.23. The SMILES string of the molecule is CCC(C)n1cc(CCN(C)CC(F)F)ccc1=O. The summed E-state index contributed by atoms with van der Waals surface area (Å²) in [7, 11) is 1.68. The van der Waals surface area contributed by atoms with E-state index in [1.807, 2.05) is 20.0 Å². The first kappa shape index (κ1) is 15.8. The van der Waals surface area contributed by atoms with Crippen molar-refractivity contribution in [3.63, 3.8) is 0 Å². The van der Waals surface area contributed by atoms with Gasteiger partial charge in [0.15, 0.2) is 0 Å². The van der Waals surface area contributed by atoms with Gasteiger partial charge in [-0.25, -0.2) is 8.78 Å². The normalized spacial score (nSPS) is 13.2. The van der Waals surface area contributed by atoms with E-state index >= 15 is 0 Å². The summed E-state index contributed by atoms with van der Waals surface area (Å²) in [6.07, 6.45) is 1.08. The fourth-order valence-corrected chi connectivity index (χ4v) is 1.89. The summed E-state index contributed by atoms with van der Waals surface area (Å²) in [4.78, 5) is 13.3. The summed E-state index contributed by atoms with van der Waals surface area (Å²) in [6, 6.07) is 3.48. The Morgan fingerprint density at radius 1 is 1.37 bits per heavy atom. The van der Waals surface area contributed by atoms with Gasteiger partial charge in [-0.05, 0) is 32.4 Å². The second kappa shape index (κ2) is 7.38. The van der Waals surface area contributed by atoms with Gasteiger partial charge in [0.1, 0.15) is 0 Å². The largest absolute Gasteiger partial charge is 0.312 e. The van der Waals surface area contributed by atoms with Crippen LogP contribution >= 0.6 is 0 Å².